The Labute approximate surface area is 167 Å². The third-order valence-corrected chi connectivity index (χ3v) is 5.01. The number of benzene rings is 2. The number of hydrogen-bond acceptors (Lipinski definition) is 4. The fourth-order valence-corrected chi connectivity index (χ4v) is 3.38. The highest BCUT2D eigenvalue weighted by molar-refractivity contribution is 7.99. The molecule has 0 fully saturated rings. The molecule has 1 N–H and O–H groups in total. The van der Waals surface area contributed by atoms with E-state index in [1.807, 2.05) is 6.07 Å². The number of nitrogens with zero attached hydrogens (tertiary/aromatic N) is 3. The van der Waals surface area contributed by atoms with Crippen molar-refractivity contribution in [1.82, 2.24) is 14.8 Å². The Hall–Kier alpha value is -2.52. The van der Waals surface area contributed by atoms with Crippen LogP contribution in [-0.2, 0) is 18.0 Å². The zero-order chi connectivity index (χ0) is 20.3. The van der Waals surface area contributed by atoms with E-state index in [-0.39, 0.29) is 11.4 Å². The van der Waals surface area contributed by atoms with Crippen LogP contribution in [0, 0.1) is 0 Å². The van der Waals surface area contributed by atoms with Crippen molar-refractivity contribution in [1.29, 1.82) is 0 Å². The molecular formula is C18H14ClF3N4OS. The third-order valence-electron chi connectivity index (χ3n) is 3.76. The first-order valence-electron chi connectivity index (χ1n) is 8.00. The lowest BCUT2D eigenvalue weighted by molar-refractivity contribution is -0.137. The van der Waals surface area contributed by atoms with Gasteiger partial charge in [0.25, 0.3) is 0 Å². The standard InChI is InChI=1S/C18H14ClF3N4OS/c1-26-16(11-5-4-6-12(19)9-11)24-25-17(26)28-10-15(27)23-14-8-3-2-7-13(14)18(20,21)22/h2-9H,10H2,1H3,(H,23,27). The highest BCUT2D eigenvalue weighted by Crippen LogP contribution is 2.34. The summed E-state index contributed by atoms with van der Waals surface area (Å²) in [6, 6.07) is 11.9. The van der Waals surface area contributed by atoms with Crippen LogP contribution in [0.25, 0.3) is 11.4 Å². The minimum Gasteiger partial charge on any atom is -0.325 e. The molecule has 146 valence electrons. The summed E-state index contributed by atoms with van der Waals surface area (Å²) in [6.07, 6.45) is -4.55. The zero-order valence-electron chi connectivity index (χ0n) is 14.5. The van der Waals surface area contributed by atoms with Gasteiger partial charge in [0.15, 0.2) is 11.0 Å². The maximum absolute atomic E-state index is 13.0. The van der Waals surface area contributed by atoms with Crippen molar-refractivity contribution in [2.75, 3.05) is 11.1 Å². The fourth-order valence-electron chi connectivity index (χ4n) is 2.48. The molecule has 3 rings (SSSR count). The van der Waals surface area contributed by atoms with Gasteiger partial charge in [0.2, 0.25) is 5.91 Å². The molecule has 0 radical (unpaired) electrons. The van der Waals surface area contributed by atoms with E-state index in [1.165, 1.54) is 18.2 Å². The lowest BCUT2D eigenvalue weighted by Gasteiger charge is -2.13. The lowest BCUT2D eigenvalue weighted by atomic mass is 10.1. The largest absolute Gasteiger partial charge is 0.418 e. The van der Waals surface area contributed by atoms with Crippen molar-refractivity contribution >= 4 is 35.0 Å². The summed E-state index contributed by atoms with van der Waals surface area (Å²) in [6.45, 7) is 0. The van der Waals surface area contributed by atoms with E-state index in [0.29, 0.717) is 16.0 Å². The van der Waals surface area contributed by atoms with Gasteiger partial charge in [-0.1, -0.05) is 47.6 Å². The molecule has 0 bridgehead atoms. The van der Waals surface area contributed by atoms with Crippen LogP contribution in [0.1, 0.15) is 5.56 Å². The zero-order valence-corrected chi connectivity index (χ0v) is 16.1. The fraction of sp³-hybridized carbons (Fsp3) is 0.167. The minimum absolute atomic E-state index is 0.117. The molecule has 28 heavy (non-hydrogen) atoms. The Bertz CT molecular complexity index is 1010. The van der Waals surface area contributed by atoms with Gasteiger partial charge < -0.3 is 9.88 Å². The number of amides is 1. The average Bonchev–Trinajstić information content (AvgIpc) is 3.00. The number of para-hydroxylation sites is 1. The summed E-state index contributed by atoms with van der Waals surface area (Å²) >= 11 is 7.05. The van der Waals surface area contributed by atoms with Crippen LogP contribution in [0.5, 0.6) is 0 Å². The quantitative estimate of drug-likeness (QED) is 0.590. The van der Waals surface area contributed by atoms with Gasteiger partial charge in [0.05, 0.1) is 17.0 Å². The second kappa shape index (κ2) is 8.24. The molecular weight excluding hydrogens is 413 g/mol. The van der Waals surface area contributed by atoms with Crippen molar-refractivity contribution in [2.45, 2.75) is 11.3 Å². The highest BCUT2D eigenvalue weighted by atomic mass is 35.5. The van der Waals surface area contributed by atoms with Gasteiger partial charge in [0, 0.05) is 17.6 Å². The van der Waals surface area contributed by atoms with Gasteiger partial charge in [-0.05, 0) is 24.3 Å². The van der Waals surface area contributed by atoms with Gasteiger partial charge in [0.1, 0.15) is 0 Å². The number of halogens is 4. The third kappa shape index (κ3) is 4.66. The summed E-state index contributed by atoms with van der Waals surface area (Å²) in [5.41, 5.74) is -0.411. The number of anilines is 1. The number of carbonyl (C=O) groups is 1. The van der Waals surface area contributed by atoms with Crippen molar-refractivity contribution < 1.29 is 18.0 Å². The molecule has 2 aromatic carbocycles. The van der Waals surface area contributed by atoms with Crippen LogP contribution in [-0.4, -0.2) is 26.4 Å². The Morgan fingerprint density at radius 2 is 1.93 bits per heavy atom. The predicted molar refractivity (Wildman–Crippen MR) is 102 cm³/mol. The summed E-state index contributed by atoms with van der Waals surface area (Å²) in [7, 11) is 1.73. The SMILES string of the molecule is Cn1c(SCC(=O)Nc2ccccc2C(F)(F)F)nnc1-c1cccc(Cl)c1. The first-order valence-corrected chi connectivity index (χ1v) is 9.36. The molecule has 1 aromatic heterocycles. The monoisotopic (exact) mass is 426 g/mol. The van der Waals surface area contributed by atoms with E-state index < -0.39 is 17.6 Å². The second-order valence-electron chi connectivity index (χ2n) is 5.76. The highest BCUT2D eigenvalue weighted by Gasteiger charge is 2.33. The minimum atomic E-state index is -4.55. The van der Waals surface area contributed by atoms with Gasteiger partial charge in [-0.3, -0.25) is 4.79 Å². The second-order valence-corrected chi connectivity index (χ2v) is 7.13. The predicted octanol–water partition coefficient (Wildman–Crippen LogP) is 4.89. The number of nitrogens with one attached hydrogen (secondary N) is 1. The molecule has 0 aliphatic heterocycles. The topological polar surface area (TPSA) is 59.8 Å². The van der Waals surface area contributed by atoms with Gasteiger partial charge >= 0.3 is 6.18 Å². The number of rotatable bonds is 5. The molecule has 0 saturated carbocycles. The van der Waals surface area contributed by atoms with Crippen LogP contribution >= 0.6 is 23.4 Å². The maximum atomic E-state index is 13.0. The van der Waals surface area contributed by atoms with Gasteiger partial charge in [-0.15, -0.1) is 10.2 Å². The maximum Gasteiger partial charge on any atom is 0.418 e. The number of hydrogen-bond donors (Lipinski definition) is 1. The molecule has 0 spiro atoms. The summed E-state index contributed by atoms with van der Waals surface area (Å²) in [4.78, 5) is 12.1. The Morgan fingerprint density at radius 1 is 1.18 bits per heavy atom. The van der Waals surface area contributed by atoms with Crippen molar-refractivity contribution in [3.63, 3.8) is 0 Å². The summed E-state index contributed by atoms with van der Waals surface area (Å²) < 4.78 is 40.7. The van der Waals surface area contributed by atoms with E-state index in [1.54, 1.807) is 29.8 Å². The van der Waals surface area contributed by atoms with Crippen LogP contribution in [0.15, 0.2) is 53.7 Å². The molecule has 0 unspecified atom stereocenters. The number of aromatic nitrogens is 3. The van der Waals surface area contributed by atoms with Crippen LogP contribution in [0.2, 0.25) is 5.02 Å². The first-order chi connectivity index (χ1) is 13.3. The lowest BCUT2D eigenvalue weighted by Crippen LogP contribution is -2.18. The van der Waals surface area contributed by atoms with Crippen molar-refractivity contribution in [3.05, 3.63) is 59.1 Å². The van der Waals surface area contributed by atoms with Crippen molar-refractivity contribution in [2.24, 2.45) is 7.05 Å². The van der Waals surface area contributed by atoms with E-state index in [0.717, 1.165) is 23.4 Å². The Balaban J connectivity index is 1.68. The van der Waals surface area contributed by atoms with E-state index in [2.05, 4.69) is 15.5 Å². The molecule has 3 aromatic rings. The molecule has 0 aliphatic carbocycles. The van der Waals surface area contributed by atoms with Crippen LogP contribution < -0.4 is 5.32 Å². The molecule has 5 nitrogen and oxygen atoms in total. The first kappa shape index (κ1) is 20.2. The van der Waals surface area contributed by atoms with Crippen LogP contribution in [0.4, 0.5) is 18.9 Å². The van der Waals surface area contributed by atoms with E-state index in [4.69, 9.17) is 11.6 Å². The van der Waals surface area contributed by atoms with E-state index in [9.17, 15) is 18.0 Å². The molecule has 0 atom stereocenters. The molecule has 1 heterocycles. The van der Waals surface area contributed by atoms with Crippen LogP contribution in [0.3, 0.4) is 0 Å². The van der Waals surface area contributed by atoms with E-state index >= 15 is 0 Å². The number of thioether (sulfide) groups is 1. The van der Waals surface area contributed by atoms with Crippen molar-refractivity contribution in [3.8, 4) is 11.4 Å². The molecule has 0 aliphatic rings. The smallest absolute Gasteiger partial charge is 0.325 e. The summed E-state index contributed by atoms with van der Waals surface area (Å²) in [5, 5.41) is 11.4. The normalized spacial score (nSPS) is 11.5. The molecule has 1 amide bonds. The van der Waals surface area contributed by atoms with Gasteiger partial charge in [-0.2, -0.15) is 13.2 Å². The number of alkyl halides is 3. The average molecular weight is 427 g/mol. The Kier molecular flexibility index (Phi) is 5.95. The molecule has 10 heteroatoms. The summed E-state index contributed by atoms with van der Waals surface area (Å²) in [5.74, 6) is -0.130. The molecule has 0 saturated heterocycles. The number of carbonyl (C=O) groups excluding carboxylic acids is 1. The van der Waals surface area contributed by atoms with Gasteiger partial charge in [-0.25, -0.2) is 0 Å². The Morgan fingerprint density at radius 3 is 2.64 bits per heavy atom.